The van der Waals surface area contributed by atoms with Crippen LogP contribution in [0, 0.1) is 3.57 Å². The highest BCUT2D eigenvalue weighted by molar-refractivity contribution is 14.1. The third kappa shape index (κ3) is 1.62. The number of hydrogen-bond donors (Lipinski definition) is 0. The standard InChI is InChI=1S/C16H17I/c1-10-4-6-12-13-7-5-11(17)9-15(13)16(2,3)14(12)8-10/h5,7-9H,4,6H2,1-3H3. The molecule has 2 aliphatic rings. The molecule has 0 radical (unpaired) electrons. The molecule has 1 aromatic rings. The quantitative estimate of drug-likeness (QED) is 0.580. The summed E-state index contributed by atoms with van der Waals surface area (Å²) < 4.78 is 1.34. The molecule has 0 nitrogen and oxygen atoms in total. The summed E-state index contributed by atoms with van der Waals surface area (Å²) in [5.41, 5.74) is 7.87. The Hall–Kier alpha value is -0.570. The predicted molar refractivity (Wildman–Crippen MR) is 82.1 cm³/mol. The van der Waals surface area contributed by atoms with E-state index in [1.807, 2.05) is 0 Å². The number of benzene rings is 1. The van der Waals surface area contributed by atoms with Gasteiger partial charge in [0.2, 0.25) is 0 Å². The van der Waals surface area contributed by atoms with Crippen molar-refractivity contribution in [2.45, 2.75) is 39.0 Å². The van der Waals surface area contributed by atoms with Gasteiger partial charge < -0.3 is 0 Å². The second-order valence-corrected chi connectivity index (χ2v) is 6.94. The van der Waals surface area contributed by atoms with E-state index in [2.05, 4.69) is 67.6 Å². The van der Waals surface area contributed by atoms with Crippen molar-refractivity contribution in [2.24, 2.45) is 0 Å². The SMILES string of the molecule is CC1=CC2=C(CC1)c1ccc(I)cc1C2(C)C. The van der Waals surface area contributed by atoms with Gasteiger partial charge >= 0.3 is 0 Å². The van der Waals surface area contributed by atoms with E-state index in [-0.39, 0.29) is 5.41 Å². The minimum absolute atomic E-state index is 0.188. The van der Waals surface area contributed by atoms with Crippen molar-refractivity contribution in [1.29, 1.82) is 0 Å². The molecule has 0 saturated heterocycles. The molecule has 3 rings (SSSR count). The van der Waals surface area contributed by atoms with E-state index in [9.17, 15) is 0 Å². The van der Waals surface area contributed by atoms with Gasteiger partial charge in [0.15, 0.2) is 0 Å². The summed E-state index contributed by atoms with van der Waals surface area (Å²) >= 11 is 2.41. The van der Waals surface area contributed by atoms with Gasteiger partial charge in [0.05, 0.1) is 0 Å². The lowest BCUT2D eigenvalue weighted by Gasteiger charge is -2.25. The lowest BCUT2D eigenvalue weighted by molar-refractivity contribution is 0.649. The van der Waals surface area contributed by atoms with E-state index in [0.717, 1.165) is 0 Å². The minimum Gasteiger partial charge on any atom is -0.0727 e. The highest BCUT2D eigenvalue weighted by Crippen LogP contribution is 2.50. The molecule has 0 bridgehead atoms. The van der Waals surface area contributed by atoms with Gasteiger partial charge in [-0.15, -0.1) is 0 Å². The second kappa shape index (κ2) is 3.71. The zero-order chi connectivity index (χ0) is 12.2. The maximum Gasteiger partial charge on any atom is 0.0155 e. The van der Waals surface area contributed by atoms with Crippen LogP contribution in [0.5, 0.6) is 0 Å². The normalized spacial score (nSPS) is 21.1. The number of rotatable bonds is 0. The molecule has 0 aliphatic heterocycles. The third-order valence-electron chi connectivity index (χ3n) is 4.14. The second-order valence-electron chi connectivity index (χ2n) is 5.70. The zero-order valence-corrected chi connectivity index (χ0v) is 12.8. The van der Waals surface area contributed by atoms with Gasteiger partial charge in [-0.3, -0.25) is 0 Å². The van der Waals surface area contributed by atoms with E-state index in [0.29, 0.717) is 0 Å². The summed E-state index contributed by atoms with van der Waals surface area (Å²) in [5, 5.41) is 0. The minimum atomic E-state index is 0.188. The molecule has 2 aliphatic carbocycles. The summed E-state index contributed by atoms with van der Waals surface area (Å²) in [6.45, 7) is 6.98. The van der Waals surface area contributed by atoms with E-state index >= 15 is 0 Å². The first kappa shape index (κ1) is 11.5. The van der Waals surface area contributed by atoms with Crippen LogP contribution in [0.25, 0.3) is 5.57 Å². The molecule has 1 aromatic carbocycles. The fourth-order valence-electron chi connectivity index (χ4n) is 3.14. The maximum atomic E-state index is 2.42. The average molecular weight is 336 g/mol. The Labute approximate surface area is 117 Å². The monoisotopic (exact) mass is 336 g/mol. The van der Waals surface area contributed by atoms with Crippen molar-refractivity contribution in [3.63, 3.8) is 0 Å². The Morgan fingerprint density at radius 3 is 2.71 bits per heavy atom. The molecule has 0 atom stereocenters. The van der Waals surface area contributed by atoms with Crippen molar-refractivity contribution in [3.8, 4) is 0 Å². The van der Waals surface area contributed by atoms with E-state index in [1.165, 1.54) is 33.1 Å². The summed E-state index contributed by atoms with van der Waals surface area (Å²) in [4.78, 5) is 0. The summed E-state index contributed by atoms with van der Waals surface area (Å²) in [7, 11) is 0. The molecule has 0 N–H and O–H groups in total. The largest absolute Gasteiger partial charge is 0.0727 e. The van der Waals surface area contributed by atoms with E-state index < -0.39 is 0 Å². The number of allylic oxidation sites excluding steroid dienone is 4. The van der Waals surface area contributed by atoms with E-state index in [1.54, 1.807) is 11.1 Å². The van der Waals surface area contributed by atoms with Crippen LogP contribution in [0.15, 0.2) is 35.4 Å². The molecule has 88 valence electrons. The first-order valence-electron chi connectivity index (χ1n) is 6.21. The molecule has 0 heterocycles. The average Bonchev–Trinajstić information content (AvgIpc) is 2.49. The van der Waals surface area contributed by atoms with Gasteiger partial charge in [0, 0.05) is 8.99 Å². The summed E-state index contributed by atoms with van der Waals surface area (Å²) in [6.07, 6.45) is 4.86. The fraction of sp³-hybridized carbons (Fsp3) is 0.375. The Bertz CT molecular complexity index is 559. The Morgan fingerprint density at radius 2 is 1.94 bits per heavy atom. The molecule has 0 unspecified atom stereocenters. The first-order chi connectivity index (χ1) is 8.00. The van der Waals surface area contributed by atoms with Crippen LogP contribution in [-0.2, 0) is 5.41 Å². The van der Waals surface area contributed by atoms with Gasteiger partial charge in [-0.1, -0.05) is 31.6 Å². The molecule has 0 spiro atoms. The van der Waals surface area contributed by atoms with Gasteiger partial charge in [0.25, 0.3) is 0 Å². The van der Waals surface area contributed by atoms with Crippen molar-refractivity contribution in [3.05, 3.63) is 50.1 Å². The molecule has 0 amide bonds. The summed E-state index contributed by atoms with van der Waals surface area (Å²) in [5.74, 6) is 0. The van der Waals surface area contributed by atoms with Crippen LogP contribution in [0.3, 0.4) is 0 Å². The molecule has 0 saturated carbocycles. The molecule has 0 fully saturated rings. The van der Waals surface area contributed by atoms with Crippen molar-refractivity contribution >= 4 is 28.2 Å². The fourth-order valence-corrected chi connectivity index (χ4v) is 3.63. The third-order valence-corrected chi connectivity index (χ3v) is 4.81. The molecule has 0 aromatic heterocycles. The molecular weight excluding hydrogens is 319 g/mol. The van der Waals surface area contributed by atoms with Crippen molar-refractivity contribution in [1.82, 2.24) is 0 Å². The smallest absolute Gasteiger partial charge is 0.0155 e. The number of fused-ring (bicyclic) bond motifs is 2. The summed E-state index contributed by atoms with van der Waals surface area (Å²) in [6, 6.07) is 6.91. The van der Waals surface area contributed by atoms with Crippen LogP contribution < -0.4 is 0 Å². The predicted octanol–water partition coefficient (Wildman–Crippen LogP) is 5.08. The lowest BCUT2D eigenvalue weighted by atomic mass is 9.79. The Balaban J connectivity index is 2.26. The van der Waals surface area contributed by atoms with Crippen LogP contribution in [-0.4, -0.2) is 0 Å². The van der Waals surface area contributed by atoms with Gasteiger partial charge in [-0.25, -0.2) is 0 Å². The number of halogens is 1. The van der Waals surface area contributed by atoms with Gasteiger partial charge in [-0.05, 0) is 76.8 Å². The zero-order valence-electron chi connectivity index (χ0n) is 10.6. The van der Waals surface area contributed by atoms with Crippen LogP contribution in [0.2, 0.25) is 0 Å². The highest BCUT2D eigenvalue weighted by atomic mass is 127. The van der Waals surface area contributed by atoms with Crippen LogP contribution in [0.1, 0.15) is 44.7 Å². The Morgan fingerprint density at radius 1 is 1.18 bits per heavy atom. The van der Waals surface area contributed by atoms with Crippen LogP contribution in [0.4, 0.5) is 0 Å². The molecule has 1 heteroatoms. The van der Waals surface area contributed by atoms with Gasteiger partial charge in [0.1, 0.15) is 0 Å². The van der Waals surface area contributed by atoms with E-state index in [4.69, 9.17) is 0 Å². The maximum absolute atomic E-state index is 2.42. The Kier molecular flexibility index (Phi) is 2.51. The van der Waals surface area contributed by atoms with Crippen LogP contribution >= 0.6 is 22.6 Å². The molecule has 17 heavy (non-hydrogen) atoms. The highest BCUT2D eigenvalue weighted by Gasteiger charge is 2.37. The van der Waals surface area contributed by atoms with Crippen molar-refractivity contribution in [2.75, 3.05) is 0 Å². The lowest BCUT2D eigenvalue weighted by Crippen LogP contribution is -2.17. The topological polar surface area (TPSA) is 0 Å². The first-order valence-corrected chi connectivity index (χ1v) is 7.29. The van der Waals surface area contributed by atoms with Gasteiger partial charge in [-0.2, -0.15) is 0 Å². The molecular formula is C16H17I. The van der Waals surface area contributed by atoms with Crippen molar-refractivity contribution < 1.29 is 0 Å². The number of hydrogen-bond acceptors (Lipinski definition) is 0.